The van der Waals surface area contributed by atoms with Gasteiger partial charge in [-0.15, -0.1) is 40.5 Å². The summed E-state index contributed by atoms with van der Waals surface area (Å²) in [5.74, 6) is 1.82. The molecule has 3 heterocycles. The maximum absolute atomic E-state index is 12.2. The van der Waals surface area contributed by atoms with Gasteiger partial charge in [-0.1, -0.05) is 117 Å². The van der Waals surface area contributed by atoms with E-state index < -0.39 is 0 Å². The number of allylic oxidation sites excluding steroid dienone is 2. The van der Waals surface area contributed by atoms with E-state index in [1.54, 1.807) is 11.3 Å². The number of nitrogens with zero attached hydrogens (tertiary/aromatic N) is 1. The summed E-state index contributed by atoms with van der Waals surface area (Å²) in [5.41, 5.74) is 4.71. The molecule has 54 heavy (non-hydrogen) atoms. The number of ketones is 1. The summed E-state index contributed by atoms with van der Waals surface area (Å²) >= 11 is 1.79. The largest absolute Gasteiger partial charge is 0.512 e. The van der Waals surface area contributed by atoms with Gasteiger partial charge in [-0.25, -0.2) is 0 Å². The topological polar surface area (TPSA) is 63.3 Å². The summed E-state index contributed by atoms with van der Waals surface area (Å²) in [5, 5.41) is 14.8. The van der Waals surface area contributed by atoms with E-state index in [-0.39, 0.29) is 47.9 Å². The van der Waals surface area contributed by atoms with Gasteiger partial charge in [-0.2, -0.15) is 0 Å². The number of aliphatic hydroxyl groups excluding tert-OH is 1. The second-order valence-corrected chi connectivity index (χ2v) is 17.7. The molecule has 0 atom stereocenters. The third-order valence-electron chi connectivity index (χ3n) is 11.3. The van der Waals surface area contributed by atoms with Gasteiger partial charge in [0, 0.05) is 59.0 Å². The van der Waals surface area contributed by atoms with Crippen molar-refractivity contribution in [2.24, 2.45) is 16.7 Å². The molecule has 0 saturated carbocycles. The Labute approximate surface area is 340 Å². The number of hydrogen-bond donors (Lipinski definition) is 1. The fourth-order valence-electron chi connectivity index (χ4n) is 6.74. The predicted molar refractivity (Wildman–Crippen MR) is 227 cm³/mol. The monoisotopic (exact) mass is 921 g/mol. The van der Waals surface area contributed by atoms with E-state index in [1.165, 1.54) is 32.7 Å². The first-order valence-corrected chi connectivity index (χ1v) is 20.2. The Morgan fingerprint density at radius 1 is 0.870 bits per heavy atom. The van der Waals surface area contributed by atoms with Gasteiger partial charge < -0.3 is 9.52 Å². The molecule has 0 amide bonds. The average molecular weight is 921 g/mol. The summed E-state index contributed by atoms with van der Waals surface area (Å²) in [6.45, 7) is 23.4. The number of carbonyl (C=O) groups excluding carboxylic acids is 1. The third-order valence-corrected chi connectivity index (χ3v) is 12.5. The van der Waals surface area contributed by atoms with Crippen molar-refractivity contribution < 1.29 is 34.4 Å². The molecule has 6 heteroatoms. The maximum Gasteiger partial charge on any atom is 0.164 e. The first kappa shape index (κ1) is 43.2. The number of pyridine rings is 1. The first-order valence-electron chi connectivity index (χ1n) is 19.4. The summed E-state index contributed by atoms with van der Waals surface area (Å²) in [6.07, 6.45) is 7.73. The minimum Gasteiger partial charge on any atom is -0.512 e. The molecule has 0 bridgehead atoms. The molecule has 6 aromatic rings. The molecule has 0 aliphatic rings. The van der Waals surface area contributed by atoms with Gasteiger partial charge in [0.1, 0.15) is 17.1 Å². The standard InChI is InChI=1S/C33H30NOS.C15H28O2.Ir/c1-20(2)14-21-10-11-23-19-30(36-29(23)15-21)28-18-24-12-13-34-31(32(24)35-28)25-16-22-8-6-7-9-26(22)27(17-25)33(3,4)5;1-7-14(5,8-2)12(16)11-13(17)15(6,9-3)10-4;/h6-13,15,17-20H,14H2,1-5H3;11,16H,7-10H2,1-6H3;/q-1;;/b;12-11-;. The van der Waals surface area contributed by atoms with Gasteiger partial charge >= 0.3 is 0 Å². The number of thiophene rings is 1. The number of hydrogen-bond acceptors (Lipinski definition) is 5. The van der Waals surface area contributed by atoms with Gasteiger partial charge in [-0.3, -0.25) is 9.78 Å². The van der Waals surface area contributed by atoms with Crippen LogP contribution in [0.4, 0.5) is 0 Å². The summed E-state index contributed by atoms with van der Waals surface area (Å²) in [6, 6.07) is 27.6. The molecule has 4 nitrogen and oxygen atoms in total. The Morgan fingerprint density at radius 2 is 1.54 bits per heavy atom. The molecular formula is C48H58IrNO3S-. The number of carbonyl (C=O) groups is 1. The van der Waals surface area contributed by atoms with E-state index in [0.717, 1.165) is 70.4 Å². The van der Waals surface area contributed by atoms with Crippen molar-refractivity contribution in [2.75, 3.05) is 0 Å². The zero-order valence-corrected chi connectivity index (χ0v) is 37.3. The van der Waals surface area contributed by atoms with Crippen LogP contribution in [0, 0.1) is 22.8 Å². The van der Waals surface area contributed by atoms with Crippen LogP contribution in [0.2, 0.25) is 0 Å². The van der Waals surface area contributed by atoms with Crippen LogP contribution < -0.4 is 0 Å². The van der Waals surface area contributed by atoms with Gasteiger partial charge in [0.15, 0.2) is 5.78 Å². The number of benzene rings is 3. The smallest absolute Gasteiger partial charge is 0.164 e. The van der Waals surface area contributed by atoms with Gasteiger partial charge in [0.25, 0.3) is 0 Å². The minimum atomic E-state index is -0.337. The van der Waals surface area contributed by atoms with Crippen LogP contribution in [0.5, 0.6) is 0 Å². The Bertz CT molecular complexity index is 2240. The SMILES string of the molecule is CC(C)Cc1ccc2cc(-c3cc4ccnc(-c5[c-]c6ccccc6c(C(C)(C)C)c5)c4o3)sc2c1.CCC(C)(CC)C(=O)/C=C(\O)C(C)(CC)CC.[Ir]. The van der Waals surface area contributed by atoms with Crippen LogP contribution in [0.3, 0.4) is 0 Å². The second kappa shape index (κ2) is 17.5. The Balaban J connectivity index is 0.000000309. The molecule has 0 fully saturated rings. The molecule has 3 aromatic carbocycles. The van der Waals surface area contributed by atoms with Crippen LogP contribution in [0.25, 0.3) is 53.7 Å². The van der Waals surface area contributed by atoms with E-state index in [4.69, 9.17) is 9.40 Å². The first-order chi connectivity index (χ1) is 25.0. The number of furan rings is 1. The predicted octanol–water partition coefficient (Wildman–Crippen LogP) is 14.5. The van der Waals surface area contributed by atoms with Crippen LogP contribution >= 0.6 is 11.3 Å². The zero-order valence-electron chi connectivity index (χ0n) is 34.1. The summed E-state index contributed by atoms with van der Waals surface area (Å²) in [4.78, 5) is 18.1. The number of fused-ring (bicyclic) bond motifs is 3. The van der Waals surface area contributed by atoms with Crippen LogP contribution in [-0.2, 0) is 36.7 Å². The van der Waals surface area contributed by atoms with Gasteiger partial charge in [0.2, 0.25) is 0 Å². The van der Waals surface area contributed by atoms with Crippen molar-refractivity contribution >= 4 is 48.9 Å². The molecule has 289 valence electrons. The normalized spacial score (nSPS) is 12.6. The second-order valence-electron chi connectivity index (χ2n) is 16.6. The van der Waals surface area contributed by atoms with Crippen LogP contribution in [-0.4, -0.2) is 15.9 Å². The molecule has 1 radical (unpaired) electrons. The molecule has 0 unspecified atom stereocenters. The van der Waals surface area contributed by atoms with Crippen molar-refractivity contribution in [1.29, 1.82) is 0 Å². The molecule has 3 aromatic heterocycles. The zero-order chi connectivity index (χ0) is 38.7. The molecule has 0 aliphatic heterocycles. The van der Waals surface area contributed by atoms with Crippen molar-refractivity contribution in [3.8, 4) is 21.9 Å². The molecule has 6 rings (SSSR count). The fourth-order valence-corrected chi connectivity index (χ4v) is 7.81. The Hall–Kier alpha value is -3.57. The van der Waals surface area contributed by atoms with Crippen molar-refractivity contribution in [2.45, 2.75) is 114 Å². The minimum absolute atomic E-state index is 0. The quantitative estimate of drug-likeness (QED) is 0.0799. The Morgan fingerprint density at radius 3 is 2.17 bits per heavy atom. The van der Waals surface area contributed by atoms with Crippen LogP contribution in [0.1, 0.15) is 113 Å². The van der Waals surface area contributed by atoms with Crippen molar-refractivity contribution in [3.63, 3.8) is 0 Å². The van der Waals surface area contributed by atoms with Crippen LogP contribution in [0.15, 0.2) is 89.2 Å². The molecule has 0 aliphatic carbocycles. The van der Waals surface area contributed by atoms with E-state index in [2.05, 4.69) is 101 Å². The molecule has 0 spiro atoms. The molecule has 0 saturated heterocycles. The van der Waals surface area contributed by atoms with Crippen molar-refractivity contribution in [3.05, 3.63) is 102 Å². The van der Waals surface area contributed by atoms with Crippen molar-refractivity contribution in [1.82, 2.24) is 4.98 Å². The number of aromatic nitrogens is 1. The fraction of sp³-hybridized carbons (Fsp3) is 0.417. The summed E-state index contributed by atoms with van der Waals surface area (Å²) < 4.78 is 7.83. The third kappa shape index (κ3) is 9.27. The van der Waals surface area contributed by atoms with Gasteiger partial charge in [0.05, 0.1) is 4.88 Å². The average Bonchev–Trinajstić information content (AvgIpc) is 3.77. The maximum atomic E-state index is 12.2. The Kier molecular flexibility index (Phi) is 14.0. The molecule has 1 N–H and O–H groups in total. The van der Waals surface area contributed by atoms with E-state index >= 15 is 0 Å². The number of aliphatic hydroxyl groups is 1. The van der Waals surface area contributed by atoms with Gasteiger partial charge in [-0.05, 0) is 78.7 Å². The molecular weight excluding hydrogens is 863 g/mol. The van der Waals surface area contributed by atoms with E-state index in [0.29, 0.717) is 5.92 Å². The van der Waals surface area contributed by atoms with E-state index in [9.17, 15) is 9.90 Å². The van der Waals surface area contributed by atoms with E-state index in [1.807, 2.05) is 53.8 Å². The summed E-state index contributed by atoms with van der Waals surface area (Å²) in [7, 11) is 0. The number of rotatable bonds is 11.